The number of ether oxygens (including phenoxy) is 1. The van der Waals surface area contributed by atoms with E-state index >= 15 is 0 Å². The Balaban J connectivity index is 1.96. The predicted octanol–water partition coefficient (Wildman–Crippen LogP) is 2.32. The molecule has 0 amide bonds. The average molecular weight is 285 g/mol. The molecule has 1 atom stereocenters. The lowest BCUT2D eigenvalue weighted by molar-refractivity contribution is 0.392. The van der Waals surface area contributed by atoms with Crippen LogP contribution >= 0.6 is 0 Å². The summed E-state index contributed by atoms with van der Waals surface area (Å²) in [6, 6.07) is 3.80. The molecule has 0 radical (unpaired) electrons. The molecule has 6 heteroatoms. The zero-order valence-corrected chi connectivity index (χ0v) is 12.4. The zero-order valence-electron chi connectivity index (χ0n) is 12.4. The van der Waals surface area contributed by atoms with Gasteiger partial charge in [0.25, 0.3) is 0 Å². The molecule has 0 saturated carbocycles. The van der Waals surface area contributed by atoms with Gasteiger partial charge in [-0.3, -0.25) is 0 Å². The zero-order chi connectivity index (χ0) is 14.7. The van der Waals surface area contributed by atoms with Crippen molar-refractivity contribution in [1.82, 2.24) is 19.9 Å². The lowest BCUT2D eigenvalue weighted by Gasteiger charge is -2.34. The SMILES string of the molecule is COc1cc(C)nc(N2CCCCC2c2ncccn2)n1. The molecule has 1 aliphatic heterocycles. The maximum atomic E-state index is 5.26. The van der Waals surface area contributed by atoms with Gasteiger partial charge in [-0.2, -0.15) is 4.98 Å². The van der Waals surface area contributed by atoms with Crippen LogP contribution < -0.4 is 9.64 Å². The molecule has 0 bridgehead atoms. The van der Waals surface area contributed by atoms with Crippen LogP contribution in [0.5, 0.6) is 5.88 Å². The minimum atomic E-state index is 0.131. The Morgan fingerprint density at radius 1 is 1.19 bits per heavy atom. The Morgan fingerprint density at radius 3 is 2.76 bits per heavy atom. The second kappa shape index (κ2) is 6.03. The van der Waals surface area contributed by atoms with Crippen LogP contribution in [0.1, 0.15) is 36.8 Å². The molecule has 1 unspecified atom stereocenters. The molecule has 2 aromatic rings. The number of hydrogen-bond acceptors (Lipinski definition) is 6. The number of nitrogens with zero attached hydrogens (tertiary/aromatic N) is 5. The third-order valence-electron chi connectivity index (χ3n) is 3.67. The first-order valence-electron chi connectivity index (χ1n) is 7.21. The van der Waals surface area contributed by atoms with Gasteiger partial charge >= 0.3 is 0 Å². The van der Waals surface area contributed by atoms with Gasteiger partial charge in [0.2, 0.25) is 11.8 Å². The third kappa shape index (κ3) is 2.94. The van der Waals surface area contributed by atoms with Crippen LogP contribution in [-0.4, -0.2) is 33.6 Å². The summed E-state index contributed by atoms with van der Waals surface area (Å²) in [5.74, 6) is 2.13. The van der Waals surface area contributed by atoms with Crippen molar-refractivity contribution in [1.29, 1.82) is 0 Å². The summed E-state index contributed by atoms with van der Waals surface area (Å²) >= 11 is 0. The number of aryl methyl sites for hydroxylation is 1. The summed E-state index contributed by atoms with van der Waals surface area (Å²) in [5, 5.41) is 0. The van der Waals surface area contributed by atoms with Crippen molar-refractivity contribution in [3.63, 3.8) is 0 Å². The summed E-state index contributed by atoms with van der Waals surface area (Å²) < 4.78 is 5.26. The van der Waals surface area contributed by atoms with Gasteiger partial charge < -0.3 is 9.64 Å². The molecule has 1 saturated heterocycles. The van der Waals surface area contributed by atoms with E-state index in [-0.39, 0.29) is 6.04 Å². The summed E-state index contributed by atoms with van der Waals surface area (Å²) in [6.45, 7) is 2.86. The van der Waals surface area contributed by atoms with Crippen LogP contribution in [0, 0.1) is 6.92 Å². The van der Waals surface area contributed by atoms with Crippen molar-refractivity contribution in [2.24, 2.45) is 0 Å². The molecule has 0 N–H and O–H groups in total. The van der Waals surface area contributed by atoms with Crippen molar-refractivity contribution >= 4 is 5.95 Å². The number of rotatable bonds is 3. The smallest absolute Gasteiger partial charge is 0.229 e. The highest BCUT2D eigenvalue weighted by Crippen LogP contribution is 2.32. The molecule has 3 rings (SSSR count). The summed E-state index contributed by atoms with van der Waals surface area (Å²) in [5.41, 5.74) is 0.898. The largest absolute Gasteiger partial charge is 0.481 e. The molecular formula is C15H19N5O. The summed E-state index contributed by atoms with van der Waals surface area (Å²) in [4.78, 5) is 20.0. The van der Waals surface area contributed by atoms with Crippen molar-refractivity contribution < 1.29 is 4.74 Å². The van der Waals surface area contributed by atoms with Gasteiger partial charge in [0, 0.05) is 30.7 Å². The van der Waals surface area contributed by atoms with Crippen LogP contribution in [0.15, 0.2) is 24.5 Å². The molecule has 110 valence electrons. The highest BCUT2D eigenvalue weighted by atomic mass is 16.5. The fourth-order valence-corrected chi connectivity index (χ4v) is 2.68. The lowest BCUT2D eigenvalue weighted by Crippen LogP contribution is -2.35. The van der Waals surface area contributed by atoms with Crippen molar-refractivity contribution in [2.75, 3.05) is 18.6 Å². The van der Waals surface area contributed by atoms with Gasteiger partial charge in [0.1, 0.15) is 0 Å². The van der Waals surface area contributed by atoms with E-state index in [4.69, 9.17) is 4.74 Å². The van der Waals surface area contributed by atoms with E-state index in [1.54, 1.807) is 19.5 Å². The molecule has 0 aromatic carbocycles. The van der Waals surface area contributed by atoms with Gasteiger partial charge in [-0.25, -0.2) is 15.0 Å². The number of aromatic nitrogens is 4. The Morgan fingerprint density at radius 2 is 2.00 bits per heavy atom. The Kier molecular flexibility index (Phi) is 3.94. The van der Waals surface area contributed by atoms with Crippen molar-refractivity contribution in [3.05, 3.63) is 36.0 Å². The average Bonchev–Trinajstić information content (AvgIpc) is 2.55. The minimum absolute atomic E-state index is 0.131. The predicted molar refractivity (Wildman–Crippen MR) is 79.3 cm³/mol. The van der Waals surface area contributed by atoms with Gasteiger partial charge in [0.05, 0.1) is 13.2 Å². The fraction of sp³-hybridized carbons (Fsp3) is 0.467. The van der Waals surface area contributed by atoms with E-state index in [1.165, 1.54) is 6.42 Å². The van der Waals surface area contributed by atoms with E-state index in [9.17, 15) is 0 Å². The maximum Gasteiger partial charge on any atom is 0.229 e. The van der Waals surface area contributed by atoms with Crippen molar-refractivity contribution in [2.45, 2.75) is 32.2 Å². The standard InChI is InChI=1S/C15H19N5O/c1-11-10-13(21-2)19-15(18-11)20-9-4-3-6-12(20)14-16-7-5-8-17-14/h5,7-8,10,12H,3-4,6,9H2,1-2H3. The number of methoxy groups -OCH3 is 1. The second-order valence-corrected chi connectivity index (χ2v) is 5.16. The van der Waals surface area contributed by atoms with Gasteiger partial charge in [0.15, 0.2) is 5.82 Å². The Bertz CT molecular complexity index is 604. The van der Waals surface area contributed by atoms with E-state index < -0.39 is 0 Å². The molecule has 1 fully saturated rings. The highest BCUT2D eigenvalue weighted by Gasteiger charge is 2.28. The first-order chi connectivity index (χ1) is 10.3. The first-order valence-corrected chi connectivity index (χ1v) is 7.21. The quantitative estimate of drug-likeness (QED) is 0.862. The van der Waals surface area contributed by atoms with Gasteiger partial charge in [-0.05, 0) is 32.3 Å². The lowest BCUT2D eigenvalue weighted by atomic mass is 10.0. The Hall–Kier alpha value is -2.24. The third-order valence-corrected chi connectivity index (χ3v) is 3.67. The van der Waals surface area contributed by atoms with E-state index in [1.807, 2.05) is 19.1 Å². The molecule has 1 aliphatic rings. The van der Waals surface area contributed by atoms with E-state index in [0.717, 1.165) is 30.9 Å². The van der Waals surface area contributed by atoms with E-state index in [0.29, 0.717) is 11.8 Å². The summed E-state index contributed by atoms with van der Waals surface area (Å²) in [7, 11) is 1.62. The van der Waals surface area contributed by atoms with Crippen LogP contribution in [0.25, 0.3) is 0 Å². The molecule has 0 spiro atoms. The van der Waals surface area contributed by atoms with Crippen molar-refractivity contribution in [3.8, 4) is 5.88 Å². The van der Waals surface area contributed by atoms with E-state index in [2.05, 4.69) is 24.8 Å². The molecule has 21 heavy (non-hydrogen) atoms. The fourth-order valence-electron chi connectivity index (χ4n) is 2.68. The number of hydrogen-bond donors (Lipinski definition) is 0. The molecular weight excluding hydrogens is 266 g/mol. The van der Waals surface area contributed by atoms with Crippen LogP contribution in [0.3, 0.4) is 0 Å². The minimum Gasteiger partial charge on any atom is -0.481 e. The first kappa shape index (κ1) is 13.7. The maximum absolute atomic E-state index is 5.26. The van der Waals surface area contributed by atoms with Crippen LogP contribution in [0.2, 0.25) is 0 Å². The Labute approximate surface area is 124 Å². The second-order valence-electron chi connectivity index (χ2n) is 5.16. The van der Waals surface area contributed by atoms with Gasteiger partial charge in [-0.1, -0.05) is 0 Å². The molecule has 0 aliphatic carbocycles. The van der Waals surface area contributed by atoms with Crippen LogP contribution in [0.4, 0.5) is 5.95 Å². The number of piperidine rings is 1. The molecule has 6 nitrogen and oxygen atoms in total. The molecule has 2 aromatic heterocycles. The highest BCUT2D eigenvalue weighted by molar-refractivity contribution is 5.37. The topological polar surface area (TPSA) is 64.0 Å². The monoisotopic (exact) mass is 285 g/mol. The van der Waals surface area contributed by atoms with Crippen LogP contribution in [-0.2, 0) is 0 Å². The number of anilines is 1. The molecule has 3 heterocycles. The van der Waals surface area contributed by atoms with Gasteiger partial charge in [-0.15, -0.1) is 0 Å². The summed E-state index contributed by atoms with van der Waals surface area (Å²) in [6.07, 6.45) is 6.88. The normalized spacial score (nSPS) is 18.6.